The summed E-state index contributed by atoms with van der Waals surface area (Å²) in [5, 5.41) is 3.14. The maximum absolute atomic E-state index is 12.2. The zero-order valence-corrected chi connectivity index (χ0v) is 10.5. The number of nitrogens with zero attached hydrogens (tertiary/aromatic N) is 1. The number of anilines is 1. The molecule has 1 saturated heterocycles. The third kappa shape index (κ3) is 1.57. The Morgan fingerprint density at radius 3 is 2.94 bits per heavy atom. The van der Waals surface area contributed by atoms with Crippen LogP contribution in [-0.4, -0.2) is 25.5 Å². The highest BCUT2D eigenvalue weighted by atomic mass is 79.9. The Kier molecular flexibility index (Phi) is 2.48. The molecule has 0 aliphatic carbocycles. The minimum Gasteiger partial charge on any atom is -0.315 e. The van der Waals surface area contributed by atoms with Crippen LogP contribution in [0, 0.1) is 5.92 Å². The van der Waals surface area contributed by atoms with Crippen molar-refractivity contribution in [1.82, 2.24) is 5.32 Å². The summed E-state index contributed by atoms with van der Waals surface area (Å²) in [4.78, 5) is 14.1. The van der Waals surface area contributed by atoms with Crippen LogP contribution in [0.15, 0.2) is 22.7 Å². The van der Waals surface area contributed by atoms with Gasteiger partial charge in [-0.15, -0.1) is 0 Å². The average molecular weight is 281 g/mol. The van der Waals surface area contributed by atoms with Gasteiger partial charge in [-0.1, -0.05) is 22.0 Å². The van der Waals surface area contributed by atoms with Gasteiger partial charge >= 0.3 is 0 Å². The molecular formula is C12H13BrN2O. The average Bonchev–Trinajstić information content (AvgIpc) is 2.57. The predicted octanol–water partition coefficient (Wildman–Crippen LogP) is 1.56. The summed E-state index contributed by atoms with van der Waals surface area (Å²) < 4.78 is 1.04. The zero-order valence-electron chi connectivity index (χ0n) is 8.87. The van der Waals surface area contributed by atoms with Gasteiger partial charge in [0.1, 0.15) is 0 Å². The van der Waals surface area contributed by atoms with Crippen molar-refractivity contribution in [1.29, 1.82) is 0 Å². The Balaban J connectivity index is 1.89. The van der Waals surface area contributed by atoms with Gasteiger partial charge in [0.15, 0.2) is 0 Å². The molecule has 0 aromatic heterocycles. The maximum Gasteiger partial charge on any atom is 0.232 e. The highest BCUT2D eigenvalue weighted by Crippen LogP contribution is 2.32. The molecule has 1 aromatic carbocycles. The number of nitrogens with one attached hydrogen (secondary N) is 1. The van der Waals surface area contributed by atoms with Crippen LogP contribution in [0.4, 0.5) is 5.69 Å². The van der Waals surface area contributed by atoms with Gasteiger partial charge in [-0.25, -0.2) is 0 Å². The van der Waals surface area contributed by atoms with Gasteiger partial charge in [0.05, 0.1) is 5.92 Å². The first-order chi connectivity index (χ1) is 7.75. The summed E-state index contributed by atoms with van der Waals surface area (Å²) in [7, 11) is 0. The quantitative estimate of drug-likeness (QED) is 0.847. The molecule has 3 rings (SSSR count). The molecule has 3 nitrogen and oxygen atoms in total. The molecule has 0 radical (unpaired) electrons. The van der Waals surface area contributed by atoms with Gasteiger partial charge < -0.3 is 10.2 Å². The van der Waals surface area contributed by atoms with Crippen molar-refractivity contribution >= 4 is 27.5 Å². The zero-order chi connectivity index (χ0) is 11.1. The topological polar surface area (TPSA) is 32.3 Å². The third-order valence-electron chi connectivity index (χ3n) is 3.34. The van der Waals surface area contributed by atoms with Crippen LogP contribution in [-0.2, 0) is 11.2 Å². The lowest BCUT2D eigenvalue weighted by Crippen LogP contribution is -2.51. The number of rotatable bonds is 1. The number of carbonyl (C=O) groups excluding carboxylic acids is 1. The van der Waals surface area contributed by atoms with Crippen molar-refractivity contribution in [2.45, 2.75) is 6.42 Å². The van der Waals surface area contributed by atoms with Gasteiger partial charge in [-0.3, -0.25) is 4.79 Å². The van der Waals surface area contributed by atoms with E-state index in [0.717, 1.165) is 36.2 Å². The highest BCUT2D eigenvalue weighted by molar-refractivity contribution is 9.10. The van der Waals surface area contributed by atoms with Gasteiger partial charge in [0.25, 0.3) is 0 Å². The summed E-state index contributed by atoms with van der Waals surface area (Å²) in [6, 6.07) is 6.19. The molecule has 0 unspecified atom stereocenters. The van der Waals surface area contributed by atoms with Crippen molar-refractivity contribution < 1.29 is 4.79 Å². The summed E-state index contributed by atoms with van der Waals surface area (Å²) in [5.41, 5.74) is 2.37. The van der Waals surface area contributed by atoms with Crippen LogP contribution < -0.4 is 10.2 Å². The Bertz CT molecular complexity index is 443. The van der Waals surface area contributed by atoms with Gasteiger partial charge in [-0.2, -0.15) is 0 Å². The molecule has 1 amide bonds. The van der Waals surface area contributed by atoms with E-state index in [1.165, 1.54) is 5.56 Å². The van der Waals surface area contributed by atoms with Gasteiger partial charge in [0.2, 0.25) is 5.91 Å². The predicted molar refractivity (Wildman–Crippen MR) is 66.6 cm³/mol. The van der Waals surface area contributed by atoms with Gasteiger partial charge in [0, 0.05) is 29.8 Å². The molecule has 4 heteroatoms. The number of carbonyl (C=O) groups is 1. The fourth-order valence-corrected chi connectivity index (χ4v) is 2.61. The number of hydrogen-bond donors (Lipinski definition) is 1. The fourth-order valence-electron chi connectivity index (χ4n) is 2.26. The van der Waals surface area contributed by atoms with Crippen LogP contribution in [0.25, 0.3) is 0 Å². The molecule has 0 spiro atoms. The monoisotopic (exact) mass is 280 g/mol. The van der Waals surface area contributed by atoms with Crippen molar-refractivity contribution in [3.05, 3.63) is 28.2 Å². The van der Waals surface area contributed by atoms with Crippen LogP contribution in [0.2, 0.25) is 0 Å². The Morgan fingerprint density at radius 1 is 1.44 bits per heavy atom. The van der Waals surface area contributed by atoms with Crippen LogP contribution >= 0.6 is 15.9 Å². The van der Waals surface area contributed by atoms with Crippen LogP contribution in [0.1, 0.15) is 5.56 Å². The van der Waals surface area contributed by atoms with Crippen molar-refractivity contribution in [2.75, 3.05) is 24.5 Å². The number of amides is 1. The number of fused-ring (bicyclic) bond motifs is 1. The standard InChI is InChI=1S/C12H13BrN2O/c13-10-2-1-8-3-4-15(11(8)5-10)12(16)9-6-14-7-9/h1-2,5,9,14H,3-4,6-7H2. The summed E-state index contributed by atoms with van der Waals surface area (Å²) in [5.74, 6) is 0.459. The molecule has 16 heavy (non-hydrogen) atoms. The first kappa shape index (κ1) is 10.3. The molecule has 0 bridgehead atoms. The minimum absolute atomic E-state index is 0.185. The number of benzene rings is 1. The Morgan fingerprint density at radius 2 is 2.25 bits per heavy atom. The van der Waals surface area contributed by atoms with E-state index in [-0.39, 0.29) is 11.8 Å². The number of halogens is 1. The summed E-state index contributed by atoms with van der Waals surface area (Å²) in [6.45, 7) is 2.50. The molecule has 1 aromatic rings. The van der Waals surface area contributed by atoms with Crippen LogP contribution in [0.3, 0.4) is 0 Å². The molecule has 84 valence electrons. The second-order valence-corrected chi connectivity index (χ2v) is 5.28. The lowest BCUT2D eigenvalue weighted by molar-refractivity contribution is -0.123. The second kappa shape index (κ2) is 3.86. The molecule has 2 aliphatic heterocycles. The van der Waals surface area contributed by atoms with E-state index in [0.29, 0.717) is 0 Å². The van der Waals surface area contributed by atoms with E-state index in [2.05, 4.69) is 27.3 Å². The van der Waals surface area contributed by atoms with E-state index in [1.807, 2.05) is 17.0 Å². The molecule has 2 aliphatic rings. The molecular weight excluding hydrogens is 268 g/mol. The van der Waals surface area contributed by atoms with Crippen LogP contribution in [0.5, 0.6) is 0 Å². The van der Waals surface area contributed by atoms with Crippen molar-refractivity contribution in [3.8, 4) is 0 Å². The first-order valence-corrected chi connectivity index (χ1v) is 6.35. The highest BCUT2D eigenvalue weighted by Gasteiger charge is 2.33. The molecule has 1 N–H and O–H groups in total. The smallest absolute Gasteiger partial charge is 0.232 e. The lowest BCUT2D eigenvalue weighted by atomic mass is 10.0. The Labute approximate surface area is 103 Å². The van der Waals surface area contributed by atoms with Crippen molar-refractivity contribution in [2.24, 2.45) is 5.92 Å². The third-order valence-corrected chi connectivity index (χ3v) is 3.83. The molecule has 2 heterocycles. The Hall–Kier alpha value is -0.870. The summed E-state index contributed by atoms with van der Waals surface area (Å²) in [6.07, 6.45) is 0.981. The van der Waals surface area contributed by atoms with Gasteiger partial charge in [-0.05, 0) is 24.1 Å². The van der Waals surface area contributed by atoms with E-state index in [4.69, 9.17) is 0 Å². The lowest BCUT2D eigenvalue weighted by Gasteiger charge is -2.30. The first-order valence-electron chi connectivity index (χ1n) is 5.56. The van der Waals surface area contributed by atoms with E-state index >= 15 is 0 Å². The fraction of sp³-hybridized carbons (Fsp3) is 0.417. The molecule has 0 atom stereocenters. The molecule has 0 saturated carbocycles. The normalized spacial score (nSPS) is 19.4. The SMILES string of the molecule is O=C(C1CNC1)N1CCc2ccc(Br)cc21. The summed E-state index contributed by atoms with van der Waals surface area (Å²) >= 11 is 3.46. The minimum atomic E-state index is 0.185. The molecule has 1 fully saturated rings. The van der Waals surface area contributed by atoms with E-state index in [1.54, 1.807) is 0 Å². The van der Waals surface area contributed by atoms with Crippen molar-refractivity contribution in [3.63, 3.8) is 0 Å². The second-order valence-electron chi connectivity index (χ2n) is 4.37. The maximum atomic E-state index is 12.2. The van der Waals surface area contributed by atoms with E-state index in [9.17, 15) is 4.79 Å². The van der Waals surface area contributed by atoms with E-state index < -0.39 is 0 Å². The number of hydrogen-bond acceptors (Lipinski definition) is 2. The largest absolute Gasteiger partial charge is 0.315 e.